The Hall–Kier alpha value is -0.830. The normalized spacial score (nSPS) is 15.9. The number of allylic oxidation sites excluding steroid dienone is 1. The van der Waals surface area contributed by atoms with E-state index in [9.17, 15) is 0 Å². The lowest BCUT2D eigenvalue weighted by Gasteiger charge is -1.86. The van der Waals surface area contributed by atoms with Crippen molar-refractivity contribution >= 4 is 5.71 Å². The Morgan fingerprint density at radius 2 is 2.50 bits per heavy atom. The number of aliphatic hydroxyl groups excluding tert-OH is 1. The fourth-order valence-electron chi connectivity index (χ4n) is 0.508. The van der Waals surface area contributed by atoms with Gasteiger partial charge in [-0.2, -0.15) is 10.5 Å². The van der Waals surface area contributed by atoms with E-state index in [0.717, 1.165) is 5.71 Å². The third-order valence-corrected chi connectivity index (χ3v) is 0.888. The molecule has 0 amide bonds. The highest BCUT2D eigenvalue weighted by atomic mass is 16.3. The standard InChI is InChI=1S/C5H7N2O/c8-4-2-5-1-3-6-7-5/h1,3,8H,2,4H2. The third-order valence-electron chi connectivity index (χ3n) is 0.888. The van der Waals surface area contributed by atoms with Gasteiger partial charge in [-0.3, -0.25) is 0 Å². The first-order valence-electron chi connectivity index (χ1n) is 2.47. The molecular formula is C5H7N2O. The zero-order valence-electron chi connectivity index (χ0n) is 4.41. The van der Waals surface area contributed by atoms with Crippen molar-refractivity contribution in [3.05, 3.63) is 12.3 Å². The van der Waals surface area contributed by atoms with Gasteiger partial charge in [0.1, 0.15) is 0 Å². The Kier molecular flexibility index (Phi) is 1.64. The topological polar surface area (TPSA) is 46.7 Å². The summed E-state index contributed by atoms with van der Waals surface area (Å²) in [6.45, 7) is 0.151. The maximum atomic E-state index is 8.37. The zero-order valence-corrected chi connectivity index (χ0v) is 4.41. The highest BCUT2D eigenvalue weighted by molar-refractivity contribution is 5.95. The largest absolute Gasteiger partial charge is 0.396 e. The summed E-state index contributed by atoms with van der Waals surface area (Å²) in [6.07, 6.45) is 4.02. The zero-order chi connectivity index (χ0) is 5.82. The van der Waals surface area contributed by atoms with Crippen LogP contribution in [0.3, 0.4) is 0 Å². The van der Waals surface area contributed by atoms with E-state index < -0.39 is 0 Å². The minimum atomic E-state index is 0.151. The molecule has 0 unspecified atom stereocenters. The van der Waals surface area contributed by atoms with Crippen LogP contribution in [0.2, 0.25) is 0 Å². The van der Waals surface area contributed by atoms with Crippen molar-refractivity contribution in [3.63, 3.8) is 0 Å². The molecule has 0 aromatic carbocycles. The molecule has 1 radical (unpaired) electrons. The summed E-state index contributed by atoms with van der Waals surface area (Å²) in [7, 11) is 0. The van der Waals surface area contributed by atoms with Gasteiger partial charge in [0.15, 0.2) is 0 Å². The molecular weight excluding hydrogens is 104 g/mol. The van der Waals surface area contributed by atoms with Gasteiger partial charge in [-0.25, -0.2) is 0 Å². The molecule has 0 aliphatic carbocycles. The minimum Gasteiger partial charge on any atom is -0.396 e. The summed E-state index contributed by atoms with van der Waals surface area (Å²) < 4.78 is 0. The summed E-state index contributed by atoms with van der Waals surface area (Å²) in [4.78, 5) is 0. The lowest BCUT2D eigenvalue weighted by Crippen LogP contribution is -1.94. The van der Waals surface area contributed by atoms with Crippen molar-refractivity contribution in [1.82, 2.24) is 5.43 Å². The lowest BCUT2D eigenvalue weighted by molar-refractivity contribution is 0.307. The molecule has 1 aliphatic rings. The molecule has 3 nitrogen and oxygen atoms in total. The van der Waals surface area contributed by atoms with Gasteiger partial charge in [-0.1, -0.05) is 0 Å². The first-order chi connectivity index (χ1) is 3.93. The molecule has 1 heterocycles. The molecule has 0 fully saturated rings. The van der Waals surface area contributed by atoms with Crippen LogP contribution in [0.25, 0.3) is 0 Å². The average molecular weight is 111 g/mol. The summed E-state index contributed by atoms with van der Waals surface area (Å²) in [5.41, 5.74) is 4.43. The summed E-state index contributed by atoms with van der Waals surface area (Å²) in [6, 6.07) is 0. The van der Waals surface area contributed by atoms with Gasteiger partial charge in [-0.15, -0.1) is 0 Å². The highest BCUT2D eigenvalue weighted by Gasteiger charge is 1.96. The predicted molar refractivity (Wildman–Crippen MR) is 30.4 cm³/mol. The van der Waals surface area contributed by atoms with Gasteiger partial charge < -0.3 is 5.11 Å². The Morgan fingerprint density at radius 3 is 3.00 bits per heavy atom. The van der Waals surface area contributed by atoms with Crippen LogP contribution in [0.5, 0.6) is 0 Å². The molecule has 0 aromatic heterocycles. The quantitative estimate of drug-likeness (QED) is 0.529. The molecule has 1 N–H and O–H groups in total. The van der Waals surface area contributed by atoms with Crippen LogP contribution in [-0.4, -0.2) is 17.4 Å². The third kappa shape index (κ3) is 1.07. The van der Waals surface area contributed by atoms with E-state index in [1.807, 2.05) is 0 Å². The maximum Gasteiger partial charge on any atom is 0.0669 e. The Morgan fingerprint density at radius 1 is 1.62 bits per heavy atom. The van der Waals surface area contributed by atoms with Crippen LogP contribution in [0.4, 0.5) is 0 Å². The number of hydrogen-bond acceptors (Lipinski definition) is 2. The molecule has 43 valence electrons. The van der Waals surface area contributed by atoms with Crippen LogP contribution in [-0.2, 0) is 0 Å². The van der Waals surface area contributed by atoms with Crippen LogP contribution in [0.15, 0.2) is 17.4 Å². The molecule has 0 atom stereocenters. The van der Waals surface area contributed by atoms with E-state index in [1.165, 1.54) is 0 Å². The van der Waals surface area contributed by atoms with Crippen LogP contribution >= 0.6 is 0 Å². The molecule has 1 aliphatic heterocycles. The number of aliphatic hydroxyl groups is 1. The summed E-state index contributed by atoms with van der Waals surface area (Å²) >= 11 is 0. The second kappa shape index (κ2) is 2.47. The van der Waals surface area contributed by atoms with Crippen molar-refractivity contribution in [2.45, 2.75) is 6.42 Å². The SMILES string of the molecule is OCCC1=N[N]C=C1. The van der Waals surface area contributed by atoms with E-state index >= 15 is 0 Å². The van der Waals surface area contributed by atoms with Crippen molar-refractivity contribution in [2.24, 2.45) is 5.10 Å². The predicted octanol–water partition coefficient (Wildman–Crippen LogP) is -0.143. The molecule has 0 saturated heterocycles. The van der Waals surface area contributed by atoms with Gasteiger partial charge in [-0.05, 0) is 6.08 Å². The van der Waals surface area contributed by atoms with E-state index in [-0.39, 0.29) is 6.61 Å². The number of nitrogens with zero attached hydrogens (tertiary/aromatic N) is 2. The Bertz CT molecular complexity index is 128. The number of rotatable bonds is 2. The smallest absolute Gasteiger partial charge is 0.0669 e. The van der Waals surface area contributed by atoms with E-state index in [4.69, 9.17) is 5.11 Å². The average Bonchev–Trinajstić information content (AvgIpc) is 2.19. The monoisotopic (exact) mass is 111 g/mol. The van der Waals surface area contributed by atoms with Gasteiger partial charge >= 0.3 is 0 Å². The summed E-state index contributed by atoms with van der Waals surface area (Å²) in [5.74, 6) is 0. The van der Waals surface area contributed by atoms with Gasteiger partial charge in [0.25, 0.3) is 0 Å². The van der Waals surface area contributed by atoms with Gasteiger partial charge in [0, 0.05) is 13.0 Å². The molecule has 3 heteroatoms. The molecule has 0 aromatic rings. The van der Waals surface area contributed by atoms with Crippen LogP contribution in [0, 0.1) is 0 Å². The van der Waals surface area contributed by atoms with E-state index in [2.05, 4.69) is 10.5 Å². The fourth-order valence-corrected chi connectivity index (χ4v) is 0.508. The molecule has 0 spiro atoms. The van der Waals surface area contributed by atoms with Crippen molar-refractivity contribution in [3.8, 4) is 0 Å². The number of hydrogen-bond donors (Lipinski definition) is 1. The van der Waals surface area contributed by atoms with Crippen molar-refractivity contribution < 1.29 is 5.11 Å². The first-order valence-corrected chi connectivity index (χ1v) is 2.47. The van der Waals surface area contributed by atoms with E-state index in [0.29, 0.717) is 6.42 Å². The van der Waals surface area contributed by atoms with Gasteiger partial charge in [0.05, 0.1) is 11.9 Å². The second-order valence-electron chi connectivity index (χ2n) is 1.50. The Balaban J connectivity index is 2.34. The molecule has 8 heavy (non-hydrogen) atoms. The van der Waals surface area contributed by atoms with E-state index in [1.54, 1.807) is 12.3 Å². The van der Waals surface area contributed by atoms with Gasteiger partial charge in [0.2, 0.25) is 0 Å². The van der Waals surface area contributed by atoms with Crippen LogP contribution < -0.4 is 5.43 Å². The minimum absolute atomic E-state index is 0.151. The molecule has 1 rings (SSSR count). The second-order valence-corrected chi connectivity index (χ2v) is 1.50. The lowest BCUT2D eigenvalue weighted by atomic mass is 10.3. The van der Waals surface area contributed by atoms with Crippen molar-refractivity contribution in [1.29, 1.82) is 0 Å². The summed E-state index contributed by atoms with van der Waals surface area (Å²) in [5, 5.41) is 12.1. The Labute approximate surface area is 47.7 Å². The van der Waals surface area contributed by atoms with Crippen LogP contribution in [0.1, 0.15) is 6.42 Å². The fraction of sp³-hybridized carbons (Fsp3) is 0.400. The maximum absolute atomic E-state index is 8.37. The molecule has 0 saturated carbocycles. The first kappa shape index (κ1) is 5.31. The molecule has 0 bridgehead atoms. The highest BCUT2D eigenvalue weighted by Crippen LogP contribution is 1.93. The van der Waals surface area contributed by atoms with Crippen molar-refractivity contribution in [2.75, 3.05) is 6.61 Å².